The molecule has 0 atom stereocenters. The molecule has 0 spiro atoms. The first-order valence-electron chi connectivity index (χ1n) is 11.6. The zero-order chi connectivity index (χ0) is 23.5. The molecule has 0 radical (unpaired) electrons. The standard InChI is InChI=1S/C23H31N7O3/c1-5-8-9-33-23-17(10-15(11-24-23)25-14(4)31)21-26-19-18(6-2)30(16-12-29(7-3)13-16)28-20(19)22(32)27-21/h10-11,16H,5-9,12-13H2,1-4H3,(H,25,31)(H,26,27,32). The molecule has 4 heterocycles. The van der Waals surface area contributed by atoms with Gasteiger partial charge < -0.3 is 15.0 Å². The Kier molecular flexibility index (Phi) is 6.73. The van der Waals surface area contributed by atoms with Gasteiger partial charge in [-0.05, 0) is 25.5 Å². The van der Waals surface area contributed by atoms with E-state index in [2.05, 4.69) is 39.1 Å². The third-order valence-corrected chi connectivity index (χ3v) is 5.88. The Morgan fingerprint density at radius 2 is 2.06 bits per heavy atom. The van der Waals surface area contributed by atoms with Crippen LogP contribution >= 0.6 is 0 Å². The van der Waals surface area contributed by atoms with Crippen molar-refractivity contribution >= 4 is 22.6 Å². The van der Waals surface area contributed by atoms with Crippen molar-refractivity contribution in [2.24, 2.45) is 0 Å². The van der Waals surface area contributed by atoms with Crippen molar-refractivity contribution in [2.75, 3.05) is 31.6 Å². The number of fused-ring (bicyclic) bond motifs is 1. The predicted molar refractivity (Wildman–Crippen MR) is 127 cm³/mol. The molecule has 0 bridgehead atoms. The van der Waals surface area contributed by atoms with Crippen LogP contribution in [0.25, 0.3) is 22.4 Å². The number of hydrogen-bond donors (Lipinski definition) is 2. The highest BCUT2D eigenvalue weighted by Gasteiger charge is 2.30. The normalized spacial score (nSPS) is 14.4. The predicted octanol–water partition coefficient (Wildman–Crippen LogP) is 2.76. The Labute approximate surface area is 192 Å². The van der Waals surface area contributed by atoms with Crippen LogP contribution in [0.3, 0.4) is 0 Å². The van der Waals surface area contributed by atoms with E-state index in [1.54, 1.807) is 6.07 Å². The number of unbranched alkanes of at least 4 members (excludes halogenated alkanes) is 1. The maximum absolute atomic E-state index is 13.0. The van der Waals surface area contributed by atoms with Gasteiger partial charge in [0.2, 0.25) is 11.8 Å². The van der Waals surface area contributed by atoms with Gasteiger partial charge >= 0.3 is 0 Å². The monoisotopic (exact) mass is 453 g/mol. The van der Waals surface area contributed by atoms with Crippen LogP contribution in [0.1, 0.15) is 52.3 Å². The number of ether oxygens (including phenoxy) is 1. The maximum atomic E-state index is 13.0. The lowest BCUT2D eigenvalue weighted by molar-refractivity contribution is -0.114. The van der Waals surface area contributed by atoms with Gasteiger partial charge in [-0.25, -0.2) is 9.97 Å². The smallest absolute Gasteiger partial charge is 0.279 e. The van der Waals surface area contributed by atoms with E-state index in [0.29, 0.717) is 47.0 Å². The number of aryl methyl sites for hydroxylation is 1. The summed E-state index contributed by atoms with van der Waals surface area (Å²) in [6.07, 6.45) is 4.10. The number of hydrogen-bond acceptors (Lipinski definition) is 7. The van der Waals surface area contributed by atoms with Crippen LogP contribution in [0.2, 0.25) is 0 Å². The van der Waals surface area contributed by atoms with Gasteiger partial charge in [0.15, 0.2) is 5.52 Å². The topological polar surface area (TPSA) is 118 Å². The summed E-state index contributed by atoms with van der Waals surface area (Å²) in [5, 5.41) is 7.36. The zero-order valence-corrected chi connectivity index (χ0v) is 19.6. The lowest BCUT2D eigenvalue weighted by atomic mass is 10.1. The van der Waals surface area contributed by atoms with Crippen molar-refractivity contribution in [3.05, 3.63) is 28.3 Å². The van der Waals surface area contributed by atoms with E-state index in [4.69, 9.17) is 9.72 Å². The van der Waals surface area contributed by atoms with Gasteiger partial charge in [-0.3, -0.25) is 19.2 Å². The molecule has 10 heteroatoms. The van der Waals surface area contributed by atoms with Crippen LogP contribution in [0, 0.1) is 0 Å². The number of rotatable bonds is 9. The van der Waals surface area contributed by atoms with E-state index < -0.39 is 0 Å². The molecule has 1 amide bonds. The van der Waals surface area contributed by atoms with E-state index in [-0.39, 0.29) is 17.5 Å². The number of pyridine rings is 1. The zero-order valence-electron chi connectivity index (χ0n) is 19.6. The molecule has 3 aromatic heterocycles. The van der Waals surface area contributed by atoms with E-state index in [1.807, 2.05) is 11.6 Å². The van der Waals surface area contributed by atoms with Crippen LogP contribution in [0.5, 0.6) is 5.88 Å². The number of anilines is 1. The van der Waals surface area contributed by atoms with Gasteiger partial charge in [0.25, 0.3) is 5.56 Å². The van der Waals surface area contributed by atoms with Gasteiger partial charge in [0, 0.05) is 20.0 Å². The van der Waals surface area contributed by atoms with E-state index in [1.165, 1.54) is 13.1 Å². The second-order valence-electron chi connectivity index (χ2n) is 8.32. The third kappa shape index (κ3) is 4.61. The number of aromatic amines is 1. The number of likely N-dealkylation sites (tertiary alicyclic amines) is 1. The second kappa shape index (κ2) is 9.70. The fourth-order valence-corrected chi connectivity index (χ4v) is 4.07. The number of likely N-dealkylation sites (N-methyl/N-ethyl adjacent to an activating group) is 1. The van der Waals surface area contributed by atoms with E-state index in [0.717, 1.165) is 38.2 Å². The molecule has 4 rings (SSSR count). The summed E-state index contributed by atoms with van der Waals surface area (Å²) in [6.45, 7) is 11.0. The molecule has 0 unspecified atom stereocenters. The third-order valence-electron chi connectivity index (χ3n) is 5.88. The van der Waals surface area contributed by atoms with Crippen LogP contribution < -0.4 is 15.6 Å². The molecular weight excluding hydrogens is 422 g/mol. The average molecular weight is 454 g/mol. The van der Waals surface area contributed by atoms with Crippen molar-refractivity contribution < 1.29 is 9.53 Å². The number of carbonyl (C=O) groups is 1. The first-order valence-corrected chi connectivity index (χ1v) is 11.6. The molecule has 10 nitrogen and oxygen atoms in total. The first-order chi connectivity index (χ1) is 15.9. The van der Waals surface area contributed by atoms with Gasteiger partial charge in [-0.2, -0.15) is 5.10 Å². The van der Waals surface area contributed by atoms with Crippen LogP contribution in [0.15, 0.2) is 17.1 Å². The molecule has 1 fully saturated rings. The molecule has 0 aliphatic carbocycles. The van der Waals surface area contributed by atoms with Crippen molar-refractivity contribution in [1.82, 2.24) is 29.6 Å². The van der Waals surface area contributed by atoms with E-state index in [9.17, 15) is 9.59 Å². The van der Waals surface area contributed by atoms with Crippen molar-refractivity contribution in [3.63, 3.8) is 0 Å². The summed E-state index contributed by atoms with van der Waals surface area (Å²) in [6, 6.07) is 1.97. The minimum atomic E-state index is -0.306. The number of aromatic nitrogens is 5. The SMILES string of the molecule is CCCCOc1ncc(NC(C)=O)cc1-c1nc2c(CC)n(C3CN(CC)C3)nc2c(=O)[nH]1. The summed E-state index contributed by atoms with van der Waals surface area (Å²) in [5.41, 5.74) is 2.59. The highest BCUT2D eigenvalue weighted by atomic mass is 16.5. The quantitative estimate of drug-likeness (QED) is 0.478. The average Bonchev–Trinajstić information content (AvgIpc) is 3.12. The minimum Gasteiger partial charge on any atom is -0.477 e. The Bertz CT molecular complexity index is 1210. The maximum Gasteiger partial charge on any atom is 0.279 e. The van der Waals surface area contributed by atoms with Crippen molar-refractivity contribution in [1.29, 1.82) is 0 Å². The summed E-state index contributed by atoms with van der Waals surface area (Å²) in [5.74, 6) is 0.496. The largest absolute Gasteiger partial charge is 0.477 e. The summed E-state index contributed by atoms with van der Waals surface area (Å²) in [4.78, 5) is 38.9. The molecule has 0 aromatic carbocycles. The fourth-order valence-electron chi connectivity index (χ4n) is 4.07. The number of carbonyl (C=O) groups excluding carboxylic acids is 1. The number of amides is 1. The Morgan fingerprint density at radius 1 is 1.27 bits per heavy atom. The van der Waals surface area contributed by atoms with Crippen molar-refractivity contribution in [3.8, 4) is 17.3 Å². The van der Waals surface area contributed by atoms with Gasteiger partial charge in [-0.15, -0.1) is 0 Å². The van der Waals surface area contributed by atoms with Crippen LogP contribution in [-0.2, 0) is 11.2 Å². The first kappa shape index (κ1) is 22.9. The molecule has 1 aliphatic heterocycles. The van der Waals surface area contributed by atoms with Crippen LogP contribution in [-0.4, -0.2) is 61.8 Å². The molecule has 1 aliphatic rings. The molecule has 33 heavy (non-hydrogen) atoms. The molecule has 0 saturated carbocycles. The fraction of sp³-hybridized carbons (Fsp3) is 0.522. The number of H-pyrrole nitrogens is 1. The highest BCUT2D eigenvalue weighted by Crippen LogP contribution is 2.30. The lowest BCUT2D eigenvalue weighted by Gasteiger charge is -2.39. The summed E-state index contributed by atoms with van der Waals surface area (Å²) >= 11 is 0. The van der Waals surface area contributed by atoms with E-state index >= 15 is 0 Å². The minimum absolute atomic E-state index is 0.213. The Hall–Kier alpha value is -3.27. The van der Waals surface area contributed by atoms with Crippen LogP contribution in [0.4, 0.5) is 5.69 Å². The Balaban J connectivity index is 1.80. The highest BCUT2D eigenvalue weighted by molar-refractivity contribution is 5.89. The number of nitrogens with one attached hydrogen (secondary N) is 2. The van der Waals surface area contributed by atoms with Crippen molar-refractivity contribution in [2.45, 2.75) is 53.0 Å². The lowest BCUT2D eigenvalue weighted by Crippen LogP contribution is -2.48. The van der Waals surface area contributed by atoms with Gasteiger partial charge in [0.1, 0.15) is 11.3 Å². The molecular formula is C23H31N7O3. The Morgan fingerprint density at radius 3 is 2.73 bits per heavy atom. The summed E-state index contributed by atoms with van der Waals surface area (Å²) in [7, 11) is 0. The molecule has 2 N–H and O–H groups in total. The molecule has 1 saturated heterocycles. The second-order valence-corrected chi connectivity index (χ2v) is 8.32. The van der Waals surface area contributed by atoms with Gasteiger partial charge in [-0.1, -0.05) is 27.2 Å². The molecule has 3 aromatic rings. The number of nitrogens with zero attached hydrogens (tertiary/aromatic N) is 5. The van der Waals surface area contributed by atoms with Gasteiger partial charge in [0.05, 0.1) is 35.8 Å². The molecule has 176 valence electrons. The summed E-state index contributed by atoms with van der Waals surface area (Å²) < 4.78 is 7.85.